The molecule has 1 fully saturated rings. The van der Waals surface area contributed by atoms with Crippen molar-refractivity contribution >= 4 is 28.9 Å². The average molecular weight is 312 g/mol. The summed E-state index contributed by atoms with van der Waals surface area (Å²) in [5.74, 6) is -0.825. The third-order valence-electron chi connectivity index (χ3n) is 3.06. The van der Waals surface area contributed by atoms with E-state index in [0.29, 0.717) is 18.7 Å². The number of aliphatic carboxylic acids is 1. The van der Waals surface area contributed by atoms with Crippen LogP contribution in [0.4, 0.5) is 4.79 Å². The Bertz CT molecular complexity index is 559. The lowest BCUT2D eigenvalue weighted by molar-refractivity contribution is -0.142. The summed E-state index contributed by atoms with van der Waals surface area (Å²) >= 11 is 1.23. The first kappa shape index (κ1) is 15.4. The highest BCUT2D eigenvalue weighted by atomic mass is 32.2. The molecule has 0 radical (unpaired) electrons. The molecule has 0 aromatic carbocycles. The number of carbonyl (C=O) groups excluding carboxylic acids is 2. The van der Waals surface area contributed by atoms with E-state index in [1.165, 1.54) is 22.6 Å². The molecule has 1 atom stereocenters. The summed E-state index contributed by atoms with van der Waals surface area (Å²) in [5, 5.41) is 15.5. The Morgan fingerprint density at radius 1 is 1.57 bits per heavy atom. The van der Waals surface area contributed by atoms with Gasteiger partial charge in [-0.15, -0.1) is 0 Å². The van der Waals surface area contributed by atoms with Crippen LogP contribution >= 0.6 is 11.8 Å². The summed E-state index contributed by atoms with van der Waals surface area (Å²) in [6.07, 6.45) is 3.02. The van der Waals surface area contributed by atoms with E-state index in [9.17, 15) is 19.5 Å². The summed E-state index contributed by atoms with van der Waals surface area (Å²) < 4.78 is 1.47. The molecule has 2 N–H and O–H groups in total. The van der Waals surface area contributed by atoms with E-state index in [-0.39, 0.29) is 11.7 Å². The van der Waals surface area contributed by atoms with Crippen molar-refractivity contribution < 1.29 is 19.5 Å². The number of hydrogen-bond acceptors (Lipinski definition) is 5. The Morgan fingerprint density at radius 3 is 2.86 bits per heavy atom. The van der Waals surface area contributed by atoms with Gasteiger partial charge < -0.3 is 15.3 Å². The number of carbonyl (C=O) groups is 3. The van der Waals surface area contributed by atoms with Crippen molar-refractivity contribution in [2.24, 2.45) is 7.05 Å². The molecule has 2 amide bonds. The smallest absolute Gasteiger partial charge is 0.331 e. The average Bonchev–Trinajstić information content (AvgIpc) is 3.02. The molecule has 2 rings (SSSR count). The highest BCUT2D eigenvalue weighted by Gasteiger charge is 2.25. The number of rotatable bonds is 6. The van der Waals surface area contributed by atoms with Crippen molar-refractivity contribution in [3.05, 3.63) is 18.0 Å². The second-order valence-corrected chi connectivity index (χ2v) is 5.68. The summed E-state index contributed by atoms with van der Waals surface area (Å²) in [6, 6.07) is -1.13. The van der Waals surface area contributed by atoms with Crippen LogP contribution in [0.25, 0.3) is 0 Å². The lowest BCUT2D eigenvalue weighted by atomic mass is 10.1. The van der Waals surface area contributed by atoms with E-state index in [4.69, 9.17) is 0 Å². The molecule has 1 aliphatic rings. The van der Waals surface area contributed by atoms with Crippen molar-refractivity contribution in [1.82, 2.24) is 20.0 Å². The number of thioether (sulfide) groups is 1. The van der Waals surface area contributed by atoms with Gasteiger partial charge in [-0.3, -0.25) is 14.3 Å². The van der Waals surface area contributed by atoms with Crippen LogP contribution in [0, 0.1) is 0 Å². The monoisotopic (exact) mass is 312 g/mol. The van der Waals surface area contributed by atoms with Gasteiger partial charge in [0.1, 0.15) is 0 Å². The van der Waals surface area contributed by atoms with Crippen LogP contribution in [0.15, 0.2) is 12.4 Å². The number of carboxylic acids is 1. The molecule has 8 nitrogen and oxygen atoms in total. The first-order chi connectivity index (χ1) is 9.97. The first-order valence-electron chi connectivity index (χ1n) is 6.40. The van der Waals surface area contributed by atoms with Crippen molar-refractivity contribution in [1.29, 1.82) is 0 Å². The van der Waals surface area contributed by atoms with E-state index >= 15 is 0 Å². The fourth-order valence-corrected chi connectivity index (χ4v) is 2.83. The highest BCUT2D eigenvalue weighted by molar-refractivity contribution is 8.13. The standard InChI is InChI=1S/C12H16N4O4S/c1-15-7-8(6-13-15)10(11(18)19)14-9(17)2-3-16-4-5-21-12(16)20/h6-7,10H,2-5H2,1H3,(H,14,17)(H,18,19). The maximum Gasteiger partial charge on any atom is 0.331 e. The van der Waals surface area contributed by atoms with Gasteiger partial charge in [0.2, 0.25) is 5.91 Å². The summed E-state index contributed by atoms with van der Waals surface area (Å²) in [5.41, 5.74) is 0.408. The van der Waals surface area contributed by atoms with E-state index in [2.05, 4.69) is 10.4 Å². The predicted molar refractivity (Wildman–Crippen MR) is 75.8 cm³/mol. The van der Waals surface area contributed by atoms with Gasteiger partial charge in [-0.25, -0.2) is 4.79 Å². The van der Waals surface area contributed by atoms with E-state index in [1.54, 1.807) is 18.1 Å². The minimum absolute atomic E-state index is 0.0372. The maximum atomic E-state index is 11.9. The van der Waals surface area contributed by atoms with Crippen molar-refractivity contribution in [2.45, 2.75) is 12.5 Å². The van der Waals surface area contributed by atoms with Gasteiger partial charge in [0.15, 0.2) is 6.04 Å². The zero-order chi connectivity index (χ0) is 15.4. The fourth-order valence-electron chi connectivity index (χ4n) is 1.98. The Morgan fingerprint density at radius 2 is 2.33 bits per heavy atom. The van der Waals surface area contributed by atoms with Crippen LogP contribution in [0.3, 0.4) is 0 Å². The maximum absolute atomic E-state index is 11.9. The molecule has 1 aromatic heterocycles. The Hall–Kier alpha value is -2.03. The second-order valence-electron chi connectivity index (χ2n) is 4.64. The van der Waals surface area contributed by atoms with Crippen LogP contribution in [0.5, 0.6) is 0 Å². The molecule has 114 valence electrons. The van der Waals surface area contributed by atoms with Gasteiger partial charge in [0.05, 0.1) is 6.20 Å². The van der Waals surface area contributed by atoms with Crippen LogP contribution in [0.1, 0.15) is 18.0 Å². The number of hydrogen-bond donors (Lipinski definition) is 2. The summed E-state index contributed by atoms with van der Waals surface area (Å²) in [4.78, 5) is 36.1. The molecule has 0 spiro atoms. The van der Waals surface area contributed by atoms with Gasteiger partial charge >= 0.3 is 5.97 Å². The molecule has 0 aliphatic carbocycles. The van der Waals surface area contributed by atoms with Crippen LogP contribution in [-0.2, 0) is 16.6 Å². The molecule has 1 unspecified atom stereocenters. The molecule has 1 saturated heterocycles. The molecular weight excluding hydrogens is 296 g/mol. The molecule has 2 heterocycles. The quantitative estimate of drug-likeness (QED) is 0.778. The number of amides is 2. The Balaban J connectivity index is 1.89. The molecule has 21 heavy (non-hydrogen) atoms. The molecule has 1 aromatic rings. The number of aromatic nitrogens is 2. The Kier molecular flexibility index (Phi) is 4.84. The SMILES string of the molecule is Cn1cc(C(NC(=O)CCN2CCSC2=O)C(=O)O)cn1. The van der Waals surface area contributed by atoms with Gasteiger partial charge in [0, 0.05) is 44.1 Å². The Labute approximate surface area is 125 Å². The molecule has 0 bridgehead atoms. The van der Waals surface area contributed by atoms with Crippen molar-refractivity contribution in [3.8, 4) is 0 Å². The third kappa shape index (κ3) is 3.97. The van der Waals surface area contributed by atoms with Crippen LogP contribution in [0.2, 0.25) is 0 Å². The lowest BCUT2D eigenvalue weighted by Crippen LogP contribution is -2.36. The van der Waals surface area contributed by atoms with Gasteiger partial charge in [-0.2, -0.15) is 5.10 Å². The van der Waals surface area contributed by atoms with E-state index in [0.717, 1.165) is 5.75 Å². The van der Waals surface area contributed by atoms with Gasteiger partial charge in [-0.1, -0.05) is 11.8 Å². The molecular formula is C12H16N4O4S. The number of aryl methyl sites for hydroxylation is 1. The molecule has 0 saturated carbocycles. The van der Waals surface area contributed by atoms with Gasteiger partial charge in [-0.05, 0) is 0 Å². The molecule has 9 heteroatoms. The number of carboxylic acid groups (broad SMARTS) is 1. The lowest BCUT2D eigenvalue weighted by Gasteiger charge is -2.16. The van der Waals surface area contributed by atoms with Gasteiger partial charge in [0.25, 0.3) is 5.24 Å². The van der Waals surface area contributed by atoms with Crippen LogP contribution in [-0.4, -0.2) is 55.7 Å². The predicted octanol–water partition coefficient (Wildman–Crippen LogP) is 0.221. The summed E-state index contributed by atoms with van der Waals surface area (Å²) in [7, 11) is 1.67. The minimum Gasteiger partial charge on any atom is -0.479 e. The van der Waals surface area contributed by atoms with E-state index in [1.807, 2.05) is 0 Å². The second kappa shape index (κ2) is 6.61. The molecule has 1 aliphatic heterocycles. The third-order valence-corrected chi connectivity index (χ3v) is 3.96. The normalized spacial score (nSPS) is 16.0. The number of nitrogens with one attached hydrogen (secondary N) is 1. The highest BCUT2D eigenvalue weighted by Crippen LogP contribution is 2.17. The number of nitrogens with zero attached hydrogens (tertiary/aromatic N) is 3. The topological polar surface area (TPSA) is 105 Å². The zero-order valence-electron chi connectivity index (χ0n) is 11.5. The fraction of sp³-hybridized carbons (Fsp3) is 0.500. The van der Waals surface area contributed by atoms with E-state index < -0.39 is 17.9 Å². The summed E-state index contributed by atoms with van der Waals surface area (Å²) in [6.45, 7) is 0.929. The minimum atomic E-state index is -1.15. The van der Waals surface area contributed by atoms with Crippen molar-refractivity contribution in [2.75, 3.05) is 18.8 Å². The largest absolute Gasteiger partial charge is 0.479 e. The van der Waals surface area contributed by atoms with Crippen LogP contribution < -0.4 is 5.32 Å². The zero-order valence-corrected chi connectivity index (χ0v) is 12.3. The van der Waals surface area contributed by atoms with Crippen molar-refractivity contribution in [3.63, 3.8) is 0 Å². The first-order valence-corrected chi connectivity index (χ1v) is 7.38.